The Bertz CT molecular complexity index is 1210. The summed E-state index contributed by atoms with van der Waals surface area (Å²) in [6.07, 6.45) is 8.86. The number of para-hydroxylation sites is 1. The molecule has 0 bridgehead atoms. The first kappa shape index (κ1) is 22.3. The van der Waals surface area contributed by atoms with Crippen LogP contribution in [0.1, 0.15) is 24.1 Å². The quantitative estimate of drug-likeness (QED) is 0.328. The second-order valence-corrected chi connectivity index (χ2v) is 8.15. The van der Waals surface area contributed by atoms with Gasteiger partial charge in [0.1, 0.15) is 23.7 Å². The van der Waals surface area contributed by atoms with E-state index >= 15 is 0 Å². The van der Waals surface area contributed by atoms with Crippen LogP contribution in [0.2, 0.25) is 10.0 Å². The molecule has 166 valence electrons. The number of imidazole rings is 1. The molecule has 0 saturated heterocycles. The summed E-state index contributed by atoms with van der Waals surface area (Å²) >= 11 is 13.0. The van der Waals surface area contributed by atoms with Crippen LogP contribution in [-0.2, 0) is 6.61 Å². The molecule has 0 spiro atoms. The van der Waals surface area contributed by atoms with Crippen LogP contribution in [0.4, 0.5) is 5.82 Å². The van der Waals surface area contributed by atoms with Crippen LogP contribution in [0.3, 0.4) is 0 Å². The molecule has 4 aromatic rings. The Morgan fingerprint density at radius 1 is 1.22 bits per heavy atom. The van der Waals surface area contributed by atoms with Gasteiger partial charge in [0.05, 0.1) is 22.1 Å². The third-order valence-electron chi connectivity index (χ3n) is 5.05. The number of rotatable bonds is 9. The largest absolute Gasteiger partial charge is 0.487 e. The molecule has 0 fully saturated rings. The van der Waals surface area contributed by atoms with Crippen molar-refractivity contribution >= 4 is 39.9 Å². The zero-order chi connectivity index (χ0) is 22.5. The van der Waals surface area contributed by atoms with Crippen LogP contribution in [-0.4, -0.2) is 32.6 Å². The zero-order valence-electron chi connectivity index (χ0n) is 17.7. The Labute approximate surface area is 196 Å². The molecule has 0 unspecified atom stereocenters. The Kier molecular flexibility index (Phi) is 7.09. The van der Waals surface area contributed by atoms with Gasteiger partial charge in [0, 0.05) is 41.8 Å². The second kappa shape index (κ2) is 10.2. The normalized spacial score (nSPS) is 11.1. The fourth-order valence-corrected chi connectivity index (χ4v) is 3.96. The average molecular weight is 471 g/mol. The van der Waals surface area contributed by atoms with Gasteiger partial charge >= 0.3 is 0 Å². The van der Waals surface area contributed by atoms with E-state index in [1.165, 1.54) is 0 Å². The smallest absolute Gasteiger partial charge is 0.146 e. The van der Waals surface area contributed by atoms with Gasteiger partial charge < -0.3 is 20.4 Å². The number of aryl methyl sites for hydroxylation is 1. The van der Waals surface area contributed by atoms with E-state index in [1.54, 1.807) is 18.7 Å². The van der Waals surface area contributed by atoms with Gasteiger partial charge in [-0.05, 0) is 38.4 Å². The fourth-order valence-electron chi connectivity index (χ4n) is 3.45. The molecule has 1 aromatic carbocycles. The molecule has 7 nitrogen and oxygen atoms in total. The highest BCUT2D eigenvalue weighted by Gasteiger charge is 2.15. The van der Waals surface area contributed by atoms with Gasteiger partial charge in [-0.15, -0.1) is 0 Å². The lowest BCUT2D eigenvalue weighted by Gasteiger charge is -2.15. The fraction of sp³-hybridized carbons (Fsp3) is 0.261. The number of benzene rings is 1. The number of hydrogen-bond acceptors (Lipinski definition) is 6. The van der Waals surface area contributed by atoms with Gasteiger partial charge in [-0.2, -0.15) is 0 Å². The van der Waals surface area contributed by atoms with Crippen LogP contribution in [0, 0.1) is 6.92 Å². The van der Waals surface area contributed by atoms with Gasteiger partial charge in [-0.3, -0.25) is 0 Å². The number of aromatic nitrogens is 4. The van der Waals surface area contributed by atoms with Gasteiger partial charge in [0.25, 0.3) is 0 Å². The minimum atomic E-state index is 0.187. The van der Waals surface area contributed by atoms with Gasteiger partial charge in [0.15, 0.2) is 0 Å². The molecule has 0 radical (unpaired) electrons. The van der Waals surface area contributed by atoms with E-state index in [-0.39, 0.29) is 6.61 Å². The minimum Gasteiger partial charge on any atom is -0.487 e. The molecule has 32 heavy (non-hydrogen) atoms. The Morgan fingerprint density at radius 3 is 2.88 bits per heavy atom. The highest BCUT2D eigenvalue weighted by Crippen LogP contribution is 2.33. The summed E-state index contributed by atoms with van der Waals surface area (Å²) in [4.78, 5) is 13.2. The first-order chi connectivity index (χ1) is 15.6. The summed E-state index contributed by atoms with van der Waals surface area (Å²) in [7, 11) is 0. The Balaban J connectivity index is 1.61. The van der Waals surface area contributed by atoms with Crippen molar-refractivity contribution in [1.29, 1.82) is 0 Å². The van der Waals surface area contributed by atoms with Gasteiger partial charge in [-0.25, -0.2) is 15.0 Å². The van der Waals surface area contributed by atoms with Crippen molar-refractivity contribution in [3.05, 3.63) is 70.5 Å². The third kappa shape index (κ3) is 4.80. The van der Waals surface area contributed by atoms with Crippen molar-refractivity contribution in [2.45, 2.75) is 26.4 Å². The molecule has 0 saturated carbocycles. The number of halogens is 2. The van der Waals surface area contributed by atoms with Gasteiger partial charge in [0.2, 0.25) is 0 Å². The second-order valence-electron chi connectivity index (χ2n) is 7.36. The van der Waals surface area contributed by atoms with Crippen LogP contribution in [0.5, 0.6) is 5.75 Å². The molecule has 4 rings (SSSR count). The molecule has 9 heteroatoms. The van der Waals surface area contributed by atoms with Crippen molar-refractivity contribution in [1.82, 2.24) is 19.5 Å². The number of nitrogens with one attached hydrogen (secondary N) is 1. The SMILES string of the molecule is Cc1cc(-n2ccnc2)c2cccc(OCc3c(Cl)cnc(NCCCCN)c3Cl)c2n1. The van der Waals surface area contributed by atoms with E-state index < -0.39 is 0 Å². The number of unbranched alkanes of at least 4 members (excludes halogenated alkanes) is 1. The van der Waals surface area contributed by atoms with Crippen molar-refractivity contribution in [3.8, 4) is 11.4 Å². The van der Waals surface area contributed by atoms with E-state index in [2.05, 4.69) is 15.3 Å². The molecule has 0 aliphatic heterocycles. The van der Waals surface area contributed by atoms with Crippen molar-refractivity contribution < 1.29 is 4.74 Å². The number of nitrogens with two attached hydrogens (primary N) is 1. The Hall–Kier alpha value is -2.87. The summed E-state index contributed by atoms with van der Waals surface area (Å²) < 4.78 is 8.12. The maximum Gasteiger partial charge on any atom is 0.146 e. The maximum atomic E-state index is 6.59. The summed E-state index contributed by atoms with van der Waals surface area (Å²) in [6.45, 7) is 3.53. The topological polar surface area (TPSA) is 90.9 Å². The van der Waals surface area contributed by atoms with E-state index in [9.17, 15) is 0 Å². The van der Waals surface area contributed by atoms with Crippen LogP contribution >= 0.6 is 23.2 Å². The van der Waals surface area contributed by atoms with E-state index in [4.69, 9.17) is 38.7 Å². The molecular weight excluding hydrogens is 447 g/mol. The third-order valence-corrected chi connectivity index (χ3v) is 5.79. The van der Waals surface area contributed by atoms with Gasteiger partial charge in [-0.1, -0.05) is 35.3 Å². The van der Waals surface area contributed by atoms with E-state index in [1.807, 2.05) is 42.0 Å². The van der Waals surface area contributed by atoms with Crippen molar-refractivity contribution in [2.24, 2.45) is 5.73 Å². The van der Waals surface area contributed by atoms with E-state index in [0.717, 1.165) is 41.7 Å². The van der Waals surface area contributed by atoms with Crippen molar-refractivity contribution in [2.75, 3.05) is 18.4 Å². The lowest BCUT2D eigenvalue weighted by Crippen LogP contribution is -2.08. The first-order valence-corrected chi connectivity index (χ1v) is 11.1. The number of ether oxygens (including phenoxy) is 1. The average Bonchev–Trinajstić information content (AvgIpc) is 3.32. The number of fused-ring (bicyclic) bond motifs is 1. The summed E-state index contributed by atoms with van der Waals surface area (Å²) in [5.74, 6) is 1.23. The molecule has 3 N–H and O–H groups in total. The standard InChI is InChI=1S/C23H24Cl2N6O/c1-15-11-19(31-10-9-27-14-31)16-5-4-6-20(22(16)30-15)32-13-17-18(24)12-29-23(21(17)25)28-8-3-2-7-26/h4-6,9-12,14H,2-3,7-8,13,26H2,1H3,(H,28,29). The minimum absolute atomic E-state index is 0.187. The van der Waals surface area contributed by atoms with E-state index in [0.29, 0.717) is 33.7 Å². The van der Waals surface area contributed by atoms with Crippen LogP contribution in [0.25, 0.3) is 16.6 Å². The molecule has 0 amide bonds. The highest BCUT2D eigenvalue weighted by molar-refractivity contribution is 6.37. The lowest BCUT2D eigenvalue weighted by molar-refractivity contribution is 0.309. The zero-order valence-corrected chi connectivity index (χ0v) is 19.2. The molecule has 0 aliphatic rings. The molecule has 3 aromatic heterocycles. The van der Waals surface area contributed by atoms with Crippen LogP contribution in [0.15, 0.2) is 49.2 Å². The monoisotopic (exact) mass is 470 g/mol. The summed E-state index contributed by atoms with van der Waals surface area (Å²) in [6, 6.07) is 7.86. The highest BCUT2D eigenvalue weighted by atomic mass is 35.5. The predicted molar refractivity (Wildman–Crippen MR) is 129 cm³/mol. The number of nitrogens with zero attached hydrogens (tertiary/aromatic N) is 4. The van der Waals surface area contributed by atoms with Crippen LogP contribution < -0.4 is 15.8 Å². The molecular formula is C23H24Cl2N6O. The molecule has 3 heterocycles. The molecule has 0 atom stereocenters. The Morgan fingerprint density at radius 2 is 2.09 bits per heavy atom. The maximum absolute atomic E-state index is 6.59. The number of hydrogen-bond donors (Lipinski definition) is 2. The summed E-state index contributed by atoms with van der Waals surface area (Å²) in [5, 5.41) is 5.10. The number of pyridine rings is 2. The predicted octanol–water partition coefficient (Wildman–Crippen LogP) is 5.16. The summed E-state index contributed by atoms with van der Waals surface area (Å²) in [5.41, 5.74) is 8.84. The molecule has 0 aliphatic carbocycles. The lowest BCUT2D eigenvalue weighted by atomic mass is 10.1. The van der Waals surface area contributed by atoms with Crippen molar-refractivity contribution in [3.63, 3.8) is 0 Å². The number of anilines is 1. The first-order valence-electron chi connectivity index (χ1n) is 10.4.